The number of nitrogens with two attached hydrogens (primary N) is 1. The number of thiazole rings is 1. The normalized spacial score (nSPS) is 10.5. The molecule has 0 unspecified atom stereocenters. The molecule has 0 aliphatic rings. The Morgan fingerprint density at radius 1 is 1.20 bits per heavy atom. The average Bonchev–Trinajstić information content (AvgIpc) is 3.06. The van der Waals surface area contributed by atoms with Crippen molar-refractivity contribution in [1.29, 1.82) is 0 Å². The van der Waals surface area contributed by atoms with Crippen LogP contribution in [0.4, 0.5) is 5.69 Å². The summed E-state index contributed by atoms with van der Waals surface area (Å²) in [7, 11) is 0. The molecule has 3 N–H and O–H groups in total. The van der Waals surface area contributed by atoms with Crippen LogP contribution in [-0.2, 0) is 0 Å². The fraction of sp³-hybridized carbons (Fsp3) is 0.0556. The van der Waals surface area contributed by atoms with E-state index in [1.54, 1.807) is 42.6 Å². The van der Waals surface area contributed by atoms with Crippen molar-refractivity contribution >= 4 is 40.4 Å². The Morgan fingerprint density at radius 3 is 2.68 bits per heavy atom. The number of amides is 2. The fourth-order valence-electron chi connectivity index (χ4n) is 2.36. The summed E-state index contributed by atoms with van der Waals surface area (Å²) in [6, 6.07) is 12.3. The topological polar surface area (TPSA) is 85.1 Å². The molecule has 0 bridgehead atoms. The smallest absolute Gasteiger partial charge is 0.275 e. The lowest BCUT2D eigenvalue weighted by atomic mass is 10.1. The van der Waals surface area contributed by atoms with Gasteiger partial charge in [0, 0.05) is 27.2 Å². The first-order valence-electron chi connectivity index (χ1n) is 7.38. The lowest BCUT2D eigenvalue weighted by molar-refractivity contribution is 0.0995. The van der Waals surface area contributed by atoms with Crippen molar-refractivity contribution in [2.45, 2.75) is 6.92 Å². The Hall–Kier alpha value is -2.70. The highest BCUT2D eigenvalue weighted by Gasteiger charge is 2.15. The zero-order chi connectivity index (χ0) is 18.0. The summed E-state index contributed by atoms with van der Waals surface area (Å²) in [5.41, 5.74) is 7.99. The maximum Gasteiger partial charge on any atom is 0.275 e. The number of carbonyl (C=O) groups excluding carboxylic acids is 2. The lowest BCUT2D eigenvalue weighted by Gasteiger charge is -2.09. The highest BCUT2D eigenvalue weighted by Crippen LogP contribution is 2.27. The standard InChI is InChI=1S/C18H14ClN3O2S/c1-10-13(16(20)23)6-3-7-14(10)21-17(24)15-9-25-18(22-15)11-4-2-5-12(19)8-11/h2-9H,1H3,(H2,20,23)(H,21,24). The third-order valence-electron chi connectivity index (χ3n) is 3.66. The molecule has 3 aromatic rings. The van der Waals surface area contributed by atoms with Crippen LogP contribution in [0.5, 0.6) is 0 Å². The van der Waals surface area contributed by atoms with Crippen molar-refractivity contribution in [2.75, 3.05) is 5.32 Å². The molecule has 0 radical (unpaired) electrons. The Balaban J connectivity index is 1.84. The van der Waals surface area contributed by atoms with Gasteiger partial charge < -0.3 is 11.1 Å². The van der Waals surface area contributed by atoms with E-state index in [-0.39, 0.29) is 5.91 Å². The minimum Gasteiger partial charge on any atom is -0.366 e. The second kappa shape index (κ2) is 7.04. The summed E-state index contributed by atoms with van der Waals surface area (Å²) >= 11 is 7.35. The maximum atomic E-state index is 12.4. The summed E-state index contributed by atoms with van der Waals surface area (Å²) in [5.74, 6) is -0.889. The van der Waals surface area contributed by atoms with Crippen LogP contribution in [0.1, 0.15) is 26.4 Å². The van der Waals surface area contributed by atoms with Crippen LogP contribution in [-0.4, -0.2) is 16.8 Å². The predicted molar refractivity (Wildman–Crippen MR) is 100 cm³/mol. The van der Waals surface area contributed by atoms with Gasteiger partial charge in [-0.1, -0.05) is 29.8 Å². The number of hydrogen-bond acceptors (Lipinski definition) is 4. The van der Waals surface area contributed by atoms with E-state index in [1.807, 2.05) is 12.1 Å². The molecule has 5 nitrogen and oxygen atoms in total. The Kier molecular flexibility index (Phi) is 4.83. The number of nitrogens with one attached hydrogen (secondary N) is 1. The number of hydrogen-bond donors (Lipinski definition) is 2. The van der Waals surface area contributed by atoms with Gasteiger partial charge in [0.2, 0.25) is 5.91 Å². The van der Waals surface area contributed by atoms with Crippen LogP contribution in [0.15, 0.2) is 47.8 Å². The quantitative estimate of drug-likeness (QED) is 0.723. The number of rotatable bonds is 4. The van der Waals surface area contributed by atoms with E-state index < -0.39 is 5.91 Å². The molecule has 0 atom stereocenters. The van der Waals surface area contributed by atoms with E-state index in [0.29, 0.717) is 32.5 Å². The maximum absolute atomic E-state index is 12.4. The van der Waals surface area contributed by atoms with Gasteiger partial charge >= 0.3 is 0 Å². The van der Waals surface area contributed by atoms with Crippen molar-refractivity contribution in [2.24, 2.45) is 5.73 Å². The van der Waals surface area contributed by atoms with Crippen LogP contribution in [0.3, 0.4) is 0 Å². The molecule has 2 aromatic carbocycles. The predicted octanol–water partition coefficient (Wildman–Crippen LogP) is 4.12. The van der Waals surface area contributed by atoms with Crippen molar-refractivity contribution in [1.82, 2.24) is 4.98 Å². The first-order valence-corrected chi connectivity index (χ1v) is 8.63. The van der Waals surface area contributed by atoms with Gasteiger partial charge in [-0.15, -0.1) is 11.3 Å². The van der Waals surface area contributed by atoms with E-state index in [0.717, 1.165) is 5.56 Å². The molecular weight excluding hydrogens is 358 g/mol. The van der Waals surface area contributed by atoms with Gasteiger partial charge in [-0.3, -0.25) is 9.59 Å². The third-order valence-corrected chi connectivity index (χ3v) is 4.78. The third kappa shape index (κ3) is 3.70. The van der Waals surface area contributed by atoms with Gasteiger partial charge in [0.25, 0.3) is 5.91 Å². The summed E-state index contributed by atoms with van der Waals surface area (Å²) in [6.07, 6.45) is 0. The van der Waals surface area contributed by atoms with Crippen LogP contribution >= 0.6 is 22.9 Å². The molecule has 1 heterocycles. The van der Waals surface area contributed by atoms with Crippen LogP contribution in [0.2, 0.25) is 5.02 Å². The summed E-state index contributed by atoms with van der Waals surface area (Å²) in [4.78, 5) is 28.2. The first-order chi connectivity index (χ1) is 12.0. The number of nitrogens with zero attached hydrogens (tertiary/aromatic N) is 1. The lowest BCUT2D eigenvalue weighted by Crippen LogP contribution is -2.17. The average molecular weight is 372 g/mol. The molecule has 1 aromatic heterocycles. The summed E-state index contributed by atoms with van der Waals surface area (Å²) in [6.45, 7) is 1.73. The monoisotopic (exact) mass is 371 g/mol. The number of halogens is 1. The number of carbonyl (C=O) groups is 2. The first kappa shape index (κ1) is 17.1. The Bertz CT molecular complexity index is 968. The van der Waals surface area contributed by atoms with Crippen LogP contribution in [0.25, 0.3) is 10.6 Å². The molecule has 7 heteroatoms. The Morgan fingerprint density at radius 2 is 1.96 bits per heavy atom. The van der Waals surface area contributed by atoms with E-state index in [2.05, 4.69) is 10.3 Å². The van der Waals surface area contributed by atoms with Crippen molar-refractivity contribution in [3.05, 3.63) is 69.7 Å². The SMILES string of the molecule is Cc1c(NC(=O)c2csc(-c3cccc(Cl)c3)n2)cccc1C(N)=O. The van der Waals surface area contributed by atoms with E-state index >= 15 is 0 Å². The van der Waals surface area contributed by atoms with Crippen molar-refractivity contribution in [3.8, 4) is 10.6 Å². The van der Waals surface area contributed by atoms with Crippen LogP contribution < -0.4 is 11.1 Å². The van der Waals surface area contributed by atoms with Gasteiger partial charge in [-0.25, -0.2) is 4.98 Å². The van der Waals surface area contributed by atoms with Gasteiger partial charge in [0.05, 0.1) is 0 Å². The molecule has 0 aliphatic heterocycles. The number of primary amides is 1. The molecule has 2 amide bonds. The molecule has 0 spiro atoms. The minimum absolute atomic E-state index is 0.295. The summed E-state index contributed by atoms with van der Waals surface area (Å²) < 4.78 is 0. The van der Waals surface area contributed by atoms with Crippen LogP contribution in [0, 0.1) is 6.92 Å². The van der Waals surface area contributed by atoms with Gasteiger partial charge in [-0.05, 0) is 36.8 Å². The molecule has 0 aliphatic carbocycles. The molecule has 0 fully saturated rings. The molecule has 126 valence electrons. The molecular formula is C18H14ClN3O2S. The number of benzene rings is 2. The summed E-state index contributed by atoms with van der Waals surface area (Å²) in [5, 5.41) is 5.76. The zero-order valence-corrected chi connectivity index (χ0v) is 14.8. The van der Waals surface area contributed by atoms with E-state index in [1.165, 1.54) is 11.3 Å². The van der Waals surface area contributed by atoms with Gasteiger partial charge in [0.1, 0.15) is 10.7 Å². The largest absolute Gasteiger partial charge is 0.366 e. The second-order valence-electron chi connectivity index (χ2n) is 5.34. The molecule has 0 saturated carbocycles. The van der Waals surface area contributed by atoms with Crippen molar-refractivity contribution < 1.29 is 9.59 Å². The highest BCUT2D eigenvalue weighted by atomic mass is 35.5. The van der Waals surface area contributed by atoms with E-state index in [9.17, 15) is 9.59 Å². The number of anilines is 1. The van der Waals surface area contributed by atoms with Crippen molar-refractivity contribution in [3.63, 3.8) is 0 Å². The molecule has 25 heavy (non-hydrogen) atoms. The molecule has 0 saturated heterocycles. The second-order valence-corrected chi connectivity index (χ2v) is 6.64. The van der Waals surface area contributed by atoms with Gasteiger partial charge in [0.15, 0.2) is 0 Å². The fourth-order valence-corrected chi connectivity index (χ4v) is 3.34. The minimum atomic E-state index is -0.537. The van der Waals surface area contributed by atoms with Gasteiger partial charge in [-0.2, -0.15) is 0 Å². The molecule has 3 rings (SSSR count). The zero-order valence-electron chi connectivity index (χ0n) is 13.2. The highest BCUT2D eigenvalue weighted by molar-refractivity contribution is 7.13. The number of aromatic nitrogens is 1. The Labute approximate surface area is 153 Å². The van der Waals surface area contributed by atoms with E-state index in [4.69, 9.17) is 17.3 Å².